The lowest BCUT2D eigenvalue weighted by Gasteiger charge is -2.15. The maximum absolute atomic E-state index is 5.13. The number of rotatable bonds is 4. The molecular formula is C9H13N3O. The second-order valence-electron chi connectivity index (χ2n) is 3.45. The molecule has 1 aromatic heterocycles. The van der Waals surface area contributed by atoms with Crippen LogP contribution < -0.4 is 5.32 Å². The van der Waals surface area contributed by atoms with Crippen LogP contribution in [-0.4, -0.2) is 29.5 Å². The van der Waals surface area contributed by atoms with Crippen molar-refractivity contribution >= 4 is 5.82 Å². The molecule has 0 spiro atoms. The minimum Gasteiger partial charge on any atom is -0.382 e. The third-order valence-corrected chi connectivity index (χ3v) is 2.24. The van der Waals surface area contributed by atoms with Gasteiger partial charge in [0.05, 0.1) is 12.1 Å². The Labute approximate surface area is 77.3 Å². The molecule has 1 fully saturated rings. The van der Waals surface area contributed by atoms with E-state index in [4.69, 9.17) is 4.74 Å². The molecule has 0 saturated heterocycles. The summed E-state index contributed by atoms with van der Waals surface area (Å²) in [7, 11) is 1.72. The zero-order chi connectivity index (χ0) is 9.15. The molecule has 0 aliphatic heterocycles. The van der Waals surface area contributed by atoms with Gasteiger partial charge in [-0.15, -0.1) is 5.10 Å². The van der Waals surface area contributed by atoms with Gasteiger partial charge >= 0.3 is 0 Å². The van der Waals surface area contributed by atoms with Gasteiger partial charge < -0.3 is 10.1 Å². The zero-order valence-corrected chi connectivity index (χ0v) is 7.66. The van der Waals surface area contributed by atoms with Gasteiger partial charge in [0.2, 0.25) is 0 Å². The topological polar surface area (TPSA) is 47.0 Å². The fraction of sp³-hybridized carbons (Fsp3) is 0.556. The second kappa shape index (κ2) is 3.30. The molecule has 70 valence electrons. The Bertz CT molecular complexity index is 271. The van der Waals surface area contributed by atoms with Crippen molar-refractivity contribution in [3.05, 3.63) is 18.3 Å². The molecule has 4 heteroatoms. The molecule has 1 heterocycles. The van der Waals surface area contributed by atoms with Crippen molar-refractivity contribution in [2.75, 3.05) is 19.0 Å². The van der Waals surface area contributed by atoms with E-state index < -0.39 is 0 Å². The van der Waals surface area contributed by atoms with Crippen molar-refractivity contribution in [2.45, 2.75) is 18.4 Å². The Morgan fingerprint density at radius 3 is 3.00 bits per heavy atom. The Morgan fingerprint density at radius 2 is 2.46 bits per heavy atom. The van der Waals surface area contributed by atoms with Gasteiger partial charge in [-0.05, 0) is 25.0 Å². The minimum absolute atomic E-state index is 0.130. The first-order valence-corrected chi connectivity index (χ1v) is 4.39. The minimum atomic E-state index is 0.130. The number of aromatic nitrogens is 2. The molecule has 1 saturated carbocycles. The normalized spacial score (nSPS) is 18.2. The Hall–Kier alpha value is -1.16. The first kappa shape index (κ1) is 8.44. The SMILES string of the molecule is COCC1(Nc2cccnn2)CC1. The maximum Gasteiger partial charge on any atom is 0.149 e. The molecule has 1 aromatic rings. The third-order valence-electron chi connectivity index (χ3n) is 2.24. The fourth-order valence-electron chi connectivity index (χ4n) is 1.37. The van der Waals surface area contributed by atoms with Gasteiger partial charge in [-0.1, -0.05) is 0 Å². The molecular weight excluding hydrogens is 166 g/mol. The van der Waals surface area contributed by atoms with Gasteiger partial charge in [-0.25, -0.2) is 0 Å². The highest BCUT2D eigenvalue weighted by molar-refractivity contribution is 5.38. The average Bonchev–Trinajstić information content (AvgIpc) is 2.87. The van der Waals surface area contributed by atoms with Gasteiger partial charge in [-0.3, -0.25) is 0 Å². The van der Waals surface area contributed by atoms with Crippen LogP contribution in [0.4, 0.5) is 5.82 Å². The molecule has 2 rings (SSSR count). The number of anilines is 1. The van der Waals surface area contributed by atoms with E-state index in [9.17, 15) is 0 Å². The number of nitrogens with zero attached hydrogens (tertiary/aromatic N) is 2. The molecule has 0 atom stereocenters. The lowest BCUT2D eigenvalue weighted by molar-refractivity contribution is 0.179. The van der Waals surface area contributed by atoms with Gasteiger partial charge in [0.15, 0.2) is 0 Å². The molecule has 1 aliphatic carbocycles. The summed E-state index contributed by atoms with van der Waals surface area (Å²) in [6.45, 7) is 0.740. The van der Waals surface area contributed by atoms with Crippen LogP contribution in [0, 0.1) is 0 Å². The van der Waals surface area contributed by atoms with Crippen molar-refractivity contribution in [3.8, 4) is 0 Å². The monoisotopic (exact) mass is 179 g/mol. The van der Waals surface area contributed by atoms with Crippen LogP contribution in [0.25, 0.3) is 0 Å². The number of hydrogen-bond acceptors (Lipinski definition) is 4. The van der Waals surface area contributed by atoms with Crippen LogP contribution in [-0.2, 0) is 4.74 Å². The van der Waals surface area contributed by atoms with E-state index in [1.165, 1.54) is 0 Å². The van der Waals surface area contributed by atoms with E-state index in [1.54, 1.807) is 13.3 Å². The number of ether oxygens (including phenoxy) is 1. The van der Waals surface area contributed by atoms with E-state index in [1.807, 2.05) is 12.1 Å². The van der Waals surface area contributed by atoms with Crippen molar-refractivity contribution in [3.63, 3.8) is 0 Å². The lowest BCUT2D eigenvalue weighted by atomic mass is 10.3. The number of methoxy groups -OCH3 is 1. The van der Waals surface area contributed by atoms with Crippen LogP contribution >= 0.6 is 0 Å². The summed E-state index contributed by atoms with van der Waals surface area (Å²) in [6, 6.07) is 3.79. The largest absolute Gasteiger partial charge is 0.382 e. The Morgan fingerprint density at radius 1 is 1.62 bits per heavy atom. The summed E-state index contributed by atoms with van der Waals surface area (Å²) in [6.07, 6.45) is 3.97. The summed E-state index contributed by atoms with van der Waals surface area (Å²) in [4.78, 5) is 0. The fourth-order valence-corrected chi connectivity index (χ4v) is 1.37. The van der Waals surface area contributed by atoms with Crippen LogP contribution in [0.3, 0.4) is 0 Å². The predicted molar refractivity (Wildman–Crippen MR) is 49.5 cm³/mol. The Kier molecular flexibility index (Phi) is 2.14. The molecule has 0 amide bonds. The third kappa shape index (κ3) is 1.95. The van der Waals surface area contributed by atoms with E-state index in [-0.39, 0.29) is 5.54 Å². The first-order valence-electron chi connectivity index (χ1n) is 4.39. The van der Waals surface area contributed by atoms with E-state index in [0.717, 1.165) is 25.3 Å². The highest BCUT2D eigenvalue weighted by Crippen LogP contribution is 2.38. The highest BCUT2D eigenvalue weighted by atomic mass is 16.5. The molecule has 0 aromatic carbocycles. The van der Waals surface area contributed by atoms with Gasteiger partial charge in [0.25, 0.3) is 0 Å². The van der Waals surface area contributed by atoms with Gasteiger partial charge in [-0.2, -0.15) is 5.10 Å². The average molecular weight is 179 g/mol. The van der Waals surface area contributed by atoms with Crippen LogP contribution in [0.1, 0.15) is 12.8 Å². The summed E-state index contributed by atoms with van der Waals surface area (Å²) in [5.41, 5.74) is 0.130. The molecule has 1 aliphatic rings. The molecule has 4 nitrogen and oxygen atoms in total. The molecule has 1 N–H and O–H groups in total. The lowest BCUT2D eigenvalue weighted by Crippen LogP contribution is -2.27. The standard InChI is InChI=1S/C9H13N3O/c1-13-7-9(4-5-9)11-8-3-2-6-10-12-8/h2-3,6H,4-5,7H2,1H3,(H,11,12). The summed E-state index contributed by atoms with van der Waals surface area (Å²) < 4.78 is 5.13. The van der Waals surface area contributed by atoms with Crippen molar-refractivity contribution in [1.29, 1.82) is 0 Å². The van der Waals surface area contributed by atoms with Gasteiger partial charge in [0.1, 0.15) is 5.82 Å². The van der Waals surface area contributed by atoms with Crippen LogP contribution in [0.5, 0.6) is 0 Å². The first-order chi connectivity index (χ1) is 6.35. The molecule has 0 unspecified atom stereocenters. The van der Waals surface area contributed by atoms with E-state index in [0.29, 0.717) is 0 Å². The molecule has 0 radical (unpaired) electrons. The Balaban J connectivity index is 1.98. The molecule has 0 bridgehead atoms. The quantitative estimate of drug-likeness (QED) is 0.751. The summed E-state index contributed by atoms with van der Waals surface area (Å²) in [5, 5.41) is 11.1. The maximum atomic E-state index is 5.13. The highest BCUT2D eigenvalue weighted by Gasteiger charge is 2.43. The van der Waals surface area contributed by atoms with Crippen molar-refractivity contribution in [1.82, 2.24) is 10.2 Å². The smallest absolute Gasteiger partial charge is 0.149 e. The van der Waals surface area contributed by atoms with E-state index in [2.05, 4.69) is 15.5 Å². The van der Waals surface area contributed by atoms with Crippen molar-refractivity contribution < 1.29 is 4.74 Å². The zero-order valence-electron chi connectivity index (χ0n) is 7.66. The van der Waals surface area contributed by atoms with Gasteiger partial charge in [0, 0.05) is 13.3 Å². The second-order valence-corrected chi connectivity index (χ2v) is 3.45. The van der Waals surface area contributed by atoms with Crippen molar-refractivity contribution in [2.24, 2.45) is 0 Å². The number of hydrogen-bond donors (Lipinski definition) is 1. The van der Waals surface area contributed by atoms with Crippen LogP contribution in [0.15, 0.2) is 18.3 Å². The van der Waals surface area contributed by atoms with Crippen LogP contribution in [0.2, 0.25) is 0 Å². The molecule has 13 heavy (non-hydrogen) atoms. The number of nitrogens with one attached hydrogen (secondary N) is 1. The summed E-state index contributed by atoms with van der Waals surface area (Å²) >= 11 is 0. The summed E-state index contributed by atoms with van der Waals surface area (Å²) in [5.74, 6) is 0.831. The van der Waals surface area contributed by atoms with E-state index >= 15 is 0 Å². The predicted octanol–water partition coefficient (Wildman–Crippen LogP) is 1.07.